The van der Waals surface area contributed by atoms with Gasteiger partial charge in [-0.2, -0.15) is 0 Å². The molecular formula is C12H24N2O. The minimum Gasteiger partial charge on any atom is -0.351 e. The minimum atomic E-state index is -0.245. The van der Waals surface area contributed by atoms with Crippen molar-refractivity contribution in [1.82, 2.24) is 5.32 Å². The predicted octanol–water partition coefficient (Wildman–Crippen LogP) is 1.81. The van der Waals surface area contributed by atoms with Crippen molar-refractivity contribution in [3.8, 4) is 0 Å². The molecule has 0 heterocycles. The van der Waals surface area contributed by atoms with Gasteiger partial charge in [0.05, 0.1) is 5.41 Å². The molecular weight excluding hydrogens is 188 g/mol. The zero-order valence-electron chi connectivity index (χ0n) is 10.2. The van der Waals surface area contributed by atoms with E-state index in [9.17, 15) is 4.79 Å². The van der Waals surface area contributed by atoms with E-state index in [1.165, 1.54) is 0 Å². The van der Waals surface area contributed by atoms with Crippen molar-refractivity contribution in [2.45, 2.75) is 58.4 Å². The second kappa shape index (κ2) is 4.52. The summed E-state index contributed by atoms with van der Waals surface area (Å²) in [4.78, 5) is 12.1. The average Bonchev–Trinajstić information content (AvgIpc) is 2.01. The SMILES string of the molecule is CCCC(C)(C)NC(=O)C1(CN)CCC1. The van der Waals surface area contributed by atoms with Crippen LogP contribution in [0.15, 0.2) is 0 Å². The van der Waals surface area contributed by atoms with Crippen molar-refractivity contribution < 1.29 is 4.79 Å². The molecule has 0 saturated heterocycles. The third-order valence-corrected chi connectivity index (χ3v) is 3.51. The molecule has 3 N–H and O–H groups in total. The molecule has 1 fully saturated rings. The van der Waals surface area contributed by atoms with E-state index in [4.69, 9.17) is 5.73 Å². The van der Waals surface area contributed by atoms with Crippen LogP contribution in [0, 0.1) is 5.41 Å². The molecule has 3 heteroatoms. The first-order valence-corrected chi connectivity index (χ1v) is 5.98. The molecule has 0 radical (unpaired) electrons. The first kappa shape index (κ1) is 12.5. The Morgan fingerprint density at radius 1 is 1.47 bits per heavy atom. The highest BCUT2D eigenvalue weighted by molar-refractivity contribution is 5.84. The van der Waals surface area contributed by atoms with Gasteiger partial charge in [-0.25, -0.2) is 0 Å². The van der Waals surface area contributed by atoms with Crippen molar-refractivity contribution in [2.75, 3.05) is 6.54 Å². The lowest BCUT2D eigenvalue weighted by Gasteiger charge is -2.41. The van der Waals surface area contributed by atoms with Gasteiger partial charge in [0.2, 0.25) is 5.91 Å². The second-order valence-electron chi connectivity index (χ2n) is 5.43. The number of nitrogens with two attached hydrogens (primary N) is 1. The molecule has 15 heavy (non-hydrogen) atoms. The number of carbonyl (C=O) groups is 1. The summed E-state index contributed by atoms with van der Waals surface area (Å²) in [6.07, 6.45) is 5.15. The van der Waals surface area contributed by atoms with Gasteiger partial charge in [-0.3, -0.25) is 4.79 Å². The largest absolute Gasteiger partial charge is 0.351 e. The van der Waals surface area contributed by atoms with Crippen molar-refractivity contribution in [3.05, 3.63) is 0 Å². The zero-order valence-corrected chi connectivity index (χ0v) is 10.2. The minimum absolute atomic E-state index is 0.0937. The Labute approximate surface area is 92.8 Å². The summed E-state index contributed by atoms with van der Waals surface area (Å²) in [6, 6.07) is 0. The molecule has 0 bridgehead atoms. The molecule has 88 valence electrons. The molecule has 0 atom stereocenters. The molecule has 1 aliphatic rings. The highest BCUT2D eigenvalue weighted by atomic mass is 16.2. The van der Waals surface area contributed by atoms with E-state index in [1.54, 1.807) is 0 Å². The van der Waals surface area contributed by atoms with E-state index in [2.05, 4.69) is 26.1 Å². The fourth-order valence-corrected chi connectivity index (χ4v) is 2.25. The topological polar surface area (TPSA) is 55.1 Å². The summed E-state index contributed by atoms with van der Waals surface area (Å²) in [5, 5.41) is 3.13. The molecule has 0 aromatic carbocycles. The van der Waals surface area contributed by atoms with Gasteiger partial charge in [-0.05, 0) is 33.1 Å². The quantitative estimate of drug-likeness (QED) is 0.730. The van der Waals surface area contributed by atoms with E-state index < -0.39 is 0 Å². The first-order chi connectivity index (χ1) is 6.96. The van der Waals surface area contributed by atoms with Gasteiger partial charge >= 0.3 is 0 Å². The molecule has 0 unspecified atom stereocenters. The van der Waals surface area contributed by atoms with Gasteiger partial charge in [0.15, 0.2) is 0 Å². The first-order valence-electron chi connectivity index (χ1n) is 5.98. The number of rotatable bonds is 5. The van der Waals surface area contributed by atoms with Crippen LogP contribution < -0.4 is 11.1 Å². The Morgan fingerprint density at radius 2 is 2.07 bits per heavy atom. The van der Waals surface area contributed by atoms with Gasteiger partial charge < -0.3 is 11.1 Å². The molecule has 3 nitrogen and oxygen atoms in total. The molecule has 0 aromatic rings. The van der Waals surface area contributed by atoms with E-state index in [-0.39, 0.29) is 16.9 Å². The van der Waals surface area contributed by atoms with Crippen LogP contribution in [0.3, 0.4) is 0 Å². The Bertz CT molecular complexity index is 226. The Balaban J connectivity index is 2.54. The molecule has 1 saturated carbocycles. The highest BCUT2D eigenvalue weighted by Crippen LogP contribution is 2.40. The highest BCUT2D eigenvalue weighted by Gasteiger charge is 2.44. The zero-order chi connectivity index (χ0) is 11.5. The van der Waals surface area contributed by atoms with E-state index in [0.717, 1.165) is 32.1 Å². The molecule has 0 spiro atoms. The van der Waals surface area contributed by atoms with Gasteiger partial charge in [0.1, 0.15) is 0 Å². The van der Waals surface area contributed by atoms with Gasteiger partial charge in [-0.15, -0.1) is 0 Å². The number of hydrogen-bond acceptors (Lipinski definition) is 2. The standard InChI is InChI=1S/C12H24N2O/c1-4-6-11(2,3)14-10(15)12(9-13)7-5-8-12/h4-9,13H2,1-3H3,(H,14,15). The van der Waals surface area contributed by atoms with Crippen LogP contribution in [0.5, 0.6) is 0 Å². The lowest BCUT2D eigenvalue weighted by Crippen LogP contribution is -2.55. The second-order valence-corrected chi connectivity index (χ2v) is 5.43. The van der Waals surface area contributed by atoms with E-state index >= 15 is 0 Å². The Kier molecular flexibility index (Phi) is 3.77. The van der Waals surface area contributed by atoms with E-state index in [0.29, 0.717) is 6.54 Å². The third kappa shape index (κ3) is 2.71. The van der Waals surface area contributed by atoms with Crippen LogP contribution >= 0.6 is 0 Å². The van der Waals surface area contributed by atoms with Crippen molar-refractivity contribution in [3.63, 3.8) is 0 Å². The summed E-state index contributed by atoms with van der Waals surface area (Å²) in [5.41, 5.74) is 5.36. The van der Waals surface area contributed by atoms with Crippen LogP contribution in [0.2, 0.25) is 0 Å². The van der Waals surface area contributed by atoms with Crippen molar-refractivity contribution >= 4 is 5.91 Å². The fourth-order valence-electron chi connectivity index (χ4n) is 2.25. The van der Waals surface area contributed by atoms with Gasteiger partial charge in [-0.1, -0.05) is 19.8 Å². The molecule has 0 aromatic heterocycles. The molecule has 0 aliphatic heterocycles. The smallest absolute Gasteiger partial charge is 0.227 e. The van der Waals surface area contributed by atoms with Crippen LogP contribution in [0.25, 0.3) is 0 Å². The number of nitrogens with one attached hydrogen (secondary N) is 1. The van der Waals surface area contributed by atoms with Crippen molar-refractivity contribution in [1.29, 1.82) is 0 Å². The molecule has 1 amide bonds. The normalized spacial score (nSPS) is 19.5. The Morgan fingerprint density at radius 3 is 2.40 bits per heavy atom. The van der Waals surface area contributed by atoms with Crippen LogP contribution in [-0.2, 0) is 4.79 Å². The summed E-state index contributed by atoms with van der Waals surface area (Å²) in [5.74, 6) is 0.162. The van der Waals surface area contributed by atoms with Gasteiger partial charge in [0, 0.05) is 12.1 Å². The Hall–Kier alpha value is -0.570. The van der Waals surface area contributed by atoms with Crippen LogP contribution in [0.4, 0.5) is 0 Å². The van der Waals surface area contributed by atoms with E-state index in [1.807, 2.05) is 0 Å². The molecule has 1 rings (SSSR count). The summed E-state index contributed by atoms with van der Waals surface area (Å²) >= 11 is 0. The lowest BCUT2D eigenvalue weighted by atomic mass is 9.68. The number of carbonyl (C=O) groups excluding carboxylic acids is 1. The average molecular weight is 212 g/mol. The van der Waals surface area contributed by atoms with Crippen molar-refractivity contribution in [2.24, 2.45) is 11.1 Å². The predicted molar refractivity (Wildman–Crippen MR) is 62.5 cm³/mol. The number of amides is 1. The third-order valence-electron chi connectivity index (χ3n) is 3.51. The lowest BCUT2D eigenvalue weighted by molar-refractivity contribution is -0.137. The molecule has 1 aliphatic carbocycles. The summed E-state index contributed by atoms with van der Waals surface area (Å²) in [7, 11) is 0. The number of hydrogen-bond donors (Lipinski definition) is 2. The summed E-state index contributed by atoms with van der Waals surface area (Å²) in [6.45, 7) is 6.78. The maximum atomic E-state index is 12.1. The van der Waals surface area contributed by atoms with Crippen LogP contribution in [0.1, 0.15) is 52.9 Å². The van der Waals surface area contributed by atoms with Crippen LogP contribution in [-0.4, -0.2) is 18.0 Å². The monoisotopic (exact) mass is 212 g/mol. The van der Waals surface area contributed by atoms with Gasteiger partial charge in [0.25, 0.3) is 0 Å². The maximum Gasteiger partial charge on any atom is 0.227 e. The maximum absolute atomic E-state index is 12.1. The summed E-state index contributed by atoms with van der Waals surface area (Å²) < 4.78 is 0. The fraction of sp³-hybridized carbons (Fsp3) is 0.917.